The van der Waals surface area contributed by atoms with Crippen molar-refractivity contribution < 1.29 is 5.11 Å². The minimum Gasteiger partial charge on any atom is -0.396 e. The third-order valence-corrected chi connectivity index (χ3v) is 2.29. The van der Waals surface area contributed by atoms with Crippen molar-refractivity contribution in [3.63, 3.8) is 0 Å². The van der Waals surface area contributed by atoms with E-state index in [1.165, 1.54) is 0 Å². The van der Waals surface area contributed by atoms with Gasteiger partial charge in [0.15, 0.2) is 0 Å². The second-order valence-corrected chi connectivity index (χ2v) is 4.37. The molecule has 0 bridgehead atoms. The number of aliphatic hydroxyl groups is 1. The zero-order valence-corrected chi connectivity index (χ0v) is 8.67. The maximum absolute atomic E-state index is 9.09. The maximum atomic E-state index is 9.09. The fourth-order valence-electron chi connectivity index (χ4n) is 1.12. The van der Waals surface area contributed by atoms with Gasteiger partial charge >= 0.3 is 0 Å². The number of hydrogen-bond donors (Lipinski definition) is 1. The van der Waals surface area contributed by atoms with Gasteiger partial charge in [-0.3, -0.25) is 4.98 Å². The standard InChI is InChI=1S/C10H14ClNO/c1-10(2,7-13)5-8-3-4-12-6-9(8)11/h3-4,6,13H,5,7H2,1-2H3. The molecule has 0 amide bonds. The quantitative estimate of drug-likeness (QED) is 0.811. The summed E-state index contributed by atoms with van der Waals surface area (Å²) in [6.45, 7) is 4.17. The van der Waals surface area contributed by atoms with Crippen LogP contribution < -0.4 is 0 Å². The van der Waals surface area contributed by atoms with Gasteiger partial charge < -0.3 is 5.11 Å². The third-order valence-electron chi connectivity index (χ3n) is 1.95. The zero-order chi connectivity index (χ0) is 9.90. The van der Waals surface area contributed by atoms with Crippen LogP contribution in [0.2, 0.25) is 5.02 Å². The van der Waals surface area contributed by atoms with Crippen LogP contribution in [-0.4, -0.2) is 16.7 Å². The van der Waals surface area contributed by atoms with Gasteiger partial charge in [-0.15, -0.1) is 0 Å². The molecule has 0 saturated carbocycles. The predicted molar refractivity (Wildman–Crippen MR) is 53.8 cm³/mol. The number of halogens is 1. The summed E-state index contributed by atoms with van der Waals surface area (Å²) in [6, 6.07) is 1.89. The van der Waals surface area contributed by atoms with Crippen LogP contribution in [-0.2, 0) is 6.42 Å². The molecule has 1 aromatic heterocycles. The van der Waals surface area contributed by atoms with Crippen LogP contribution in [0.1, 0.15) is 19.4 Å². The normalized spacial score (nSPS) is 11.7. The second-order valence-electron chi connectivity index (χ2n) is 3.97. The summed E-state index contributed by atoms with van der Waals surface area (Å²) >= 11 is 5.94. The molecule has 72 valence electrons. The Kier molecular flexibility index (Phi) is 3.28. The third kappa shape index (κ3) is 2.98. The Balaban J connectivity index is 2.80. The summed E-state index contributed by atoms with van der Waals surface area (Å²) in [4.78, 5) is 3.91. The Morgan fingerprint density at radius 2 is 2.23 bits per heavy atom. The molecule has 0 aromatic carbocycles. The summed E-state index contributed by atoms with van der Waals surface area (Å²) in [5, 5.41) is 9.76. The lowest BCUT2D eigenvalue weighted by atomic mass is 9.87. The predicted octanol–water partition coefficient (Wildman–Crippen LogP) is 2.30. The number of rotatable bonds is 3. The lowest BCUT2D eigenvalue weighted by Gasteiger charge is -2.21. The Hall–Kier alpha value is -0.600. The van der Waals surface area contributed by atoms with Crippen LogP contribution in [0, 0.1) is 5.41 Å². The van der Waals surface area contributed by atoms with E-state index in [-0.39, 0.29) is 12.0 Å². The molecule has 1 aromatic rings. The molecule has 2 nitrogen and oxygen atoms in total. The van der Waals surface area contributed by atoms with Crippen molar-refractivity contribution >= 4 is 11.6 Å². The fourth-order valence-corrected chi connectivity index (χ4v) is 1.30. The van der Waals surface area contributed by atoms with Crippen molar-refractivity contribution in [3.8, 4) is 0 Å². The molecule has 3 heteroatoms. The first-order valence-electron chi connectivity index (χ1n) is 4.24. The van der Waals surface area contributed by atoms with Gasteiger partial charge in [0.2, 0.25) is 0 Å². The Bertz CT molecular complexity index is 286. The van der Waals surface area contributed by atoms with E-state index in [0.29, 0.717) is 5.02 Å². The first kappa shape index (κ1) is 10.5. The number of hydrogen-bond acceptors (Lipinski definition) is 2. The monoisotopic (exact) mass is 199 g/mol. The minimum atomic E-state index is -0.120. The second kappa shape index (κ2) is 4.07. The molecule has 0 unspecified atom stereocenters. The molecule has 0 aliphatic carbocycles. The number of pyridine rings is 1. The molecule has 13 heavy (non-hydrogen) atoms. The van der Waals surface area contributed by atoms with Crippen LogP contribution in [0.4, 0.5) is 0 Å². The minimum absolute atomic E-state index is 0.120. The van der Waals surface area contributed by atoms with Crippen molar-refractivity contribution in [1.29, 1.82) is 0 Å². The van der Waals surface area contributed by atoms with Crippen LogP contribution in [0.5, 0.6) is 0 Å². The lowest BCUT2D eigenvalue weighted by molar-refractivity contribution is 0.159. The first-order valence-corrected chi connectivity index (χ1v) is 4.62. The van der Waals surface area contributed by atoms with Crippen molar-refractivity contribution in [2.75, 3.05) is 6.61 Å². The Morgan fingerprint density at radius 1 is 1.54 bits per heavy atom. The van der Waals surface area contributed by atoms with Crippen LogP contribution >= 0.6 is 11.6 Å². The highest BCUT2D eigenvalue weighted by atomic mass is 35.5. The highest BCUT2D eigenvalue weighted by Crippen LogP contribution is 2.24. The first-order chi connectivity index (χ1) is 6.05. The van der Waals surface area contributed by atoms with E-state index < -0.39 is 0 Å². The van der Waals surface area contributed by atoms with Crippen LogP contribution in [0.25, 0.3) is 0 Å². The average Bonchev–Trinajstić information content (AvgIpc) is 2.09. The van der Waals surface area contributed by atoms with Crippen LogP contribution in [0.3, 0.4) is 0 Å². The summed E-state index contributed by atoms with van der Waals surface area (Å²) < 4.78 is 0. The van der Waals surface area contributed by atoms with Gasteiger partial charge in [0, 0.05) is 19.0 Å². The van der Waals surface area contributed by atoms with E-state index in [4.69, 9.17) is 16.7 Å². The van der Waals surface area contributed by atoms with Gasteiger partial charge in [-0.25, -0.2) is 0 Å². The molecule has 0 radical (unpaired) electrons. The van der Waals surface area contributed by atoms with E-state index in [0.717, 1.165) is 12.0 Å². The largest absolute Gasteiger partial charge is 0.396 e. The highest BCUT2D eigenvalue weighted by Gasteiger charge is 2.18. The molecule has 1 N–H and O–H groups in total. The SMILES string of the molecule is CC(C)(CO)Cc1ccncc1Cl. The number of aliphatic hydroxyl groups excluding tert-OH is 1. The molecule has 0 spiro atoms. The number of nitrogens with zero attached hydrogens (tertiary/aromatic N) is 1. The smallest absolute Gasteiger partial charge is 0.0621 e. The van der Waals surface area contributed by atoms with Crippen molar-refractivity contribution in [1.82, 2.24) is 4.98 Å². The van der Waals surface area contributed by atoms with Gasteiger partial charge in [0.1, 0.15) is 0 Å². The van der Waals surface area contributed by atoms with E-state index in [9.17, 15) is 0 Å². The summed E-state index contributed by atoms with van der Waals surface area (Å²) in [6.07, 6.45) is 4.11. The molecule has 0 atom stereocenters. The number of aromatic nitrogens is 1. The highest BCUT2D eigenvalue weighted by molar-refractivity contribution is 6.31. The van der Waals surface area contributed by atoms with Crippen LogP contribution in [0.15, 0.2) is 18.5 Å². The van der Waals surface area contributed by atoms with Crippen molar-refractivity contribution in [2.45, 2.75) is 20.3 Å². The molecular weight excluding hydrogens is 186 g/mol. The zero-order valence-electron chi connectivity index (χ0n) is 7.92. The fraction of sp³-hybridized carbons (Fsp3) is 0.500. The average molecular weight is 200 g/mol. The van der Waals surface area contributed by atoms with Gasteiger partial charge in [-0.2, -0.15) is 0 Å². The van der Waals surface area contributed by atoms with Gasteiger partial charge in [-0.05, 0) is 23.5 Å². The molecule has 0 aliphatic rings. The molecule has 1 heterocycles. The summed E-state index contributed by atoms with van der Waals surface area (Å²) in [7, 11) is 0. The Labute approximate surface area is 83.6 Å². The maximum Gasteiger partial charge on any atom is 0.0621 e. The van der Waals surface area contributed by atoms with E-state index in [1.54, 1.807) is 12.4 Å². The topological polar surface area (TPSA) is 33.1 Å². The van der Waals surface area contributed by atoms with Gasteiger partial charge in [0.25, 0.3) is 0 Å². The van der Waals surface area contributed by atoms with Gasteiger partial charge in [-0.1, -0.05) is 25.4 Å². The van der Waals surface area contributed by atoms with E-state index in [1.807, 2.05) is 19.9 Å². The molecule has 0 fully saturated rings. The molecule has 1 rings (SSSR count). The Morgan fingerprint density at radius 3 is 2.77 bits per heavy atom. The molecule has 0 aliphatic heterocycles. The van der Waals surface area contributed by atoms with Crippen molar-refractivity contribution in [2.24, 2.45) is 5.41 Å². The summed E-state index contributed by atoms with van der Waals surface area (Å²) in [5.74, 6) is 0. The molecule has 0 saturated heterocycles. The van der Waals surface area contributed by atoms with Gasteiger partial charge in [0.05, 0.1) is 5.02 Å². The lowest BCUT2D eigenvalue weighted by Crippen LogP contribution is -2.19. The van der Waals surface area contributed by atoms with Crippen molar-refractivity contribution in [3.05, 3.63) is 29.0 Å². The molecular formula is C10H14ClNO. The van der Waals surface area contributed by atoms with E-state index in [2.05, 4.69) is 4.98 Å². The summed E-state index contributed by atoms with van der Waals surface area (Å²) in [5.41, 5.74) is 0.918. The van der Waals surface area contributed by atoms with E-state index >= 15 is 0 Å².